The van der Waals surface area contributed by atoms with Gasteiger partial charge >= 0.3 is 0 Å². The lowest BCUT2D eigenvalue weighted by atomic mass is 10.0. The van der Waals surface area contributed by atoms with Crippen LogP contribution < -0.4 is 0 Å². The lowest BCUT2D eigenvalue weighted by Crippen LogP contribution is -2.38. The Morgan fingerprint density at radius 3 is 1.60 bits per heavy atom. The van der Waals surface area contributed by atoms with Gasteiger partial charge in [0.15, 0.2) is 11.3 Å². The van der Waals surface area contributed by atoms with Crippen LogP contribution in [0.2, 0.25) is 0 Å². The van der Waals surface area contributed by atoms with Crippen LogP contribution >= 0.6 is 15.9 Å². The van der Waals surface area contributed by atoms with Crippen LogP contribution in [0.5, 0.6) is 0 Å². The number of likely N-dealkylation sites (tertiary alicyclic amines) is 2. The first kappa shape index (κ1) is 41.7. The first-order chi connectivity index (χ1) is 28.9. The summed E-state index contributed by atoms with van der Waals surface area (Å²) in [5.74, 6) is -5.72. The molecule has 60 heavy (non-hydrogen) atoms. The Morgan fingerprint density at radius 1 is 0.600 bits per heavy atom. The van der Waals surface area contributed by atoms with Crippen molar-refractivity contribution >= 4 is 27.2 Å². The van der Waals surface area contributed by atoms with E-state index in [1.807, 2.05) is 46.5 Å². The van der Waals surface area contributed by atoms with E-state index in [0.717, 1.165) is 114 Å². The van der Waals surface area contributed by atoms with Gasteiger partial charge < -0.3 is 5.11 Å². The normalized spacial score (nSPS) is 16.2. The second-order valence-corrected chi connectivity index (χ2v) is 16.7. The number of hydrogen-bond acceptors (Lipinski definition) is 7. The molecule has 3 aromatic carbocycles. The number of piperidine rings is 2. The predicted molar refractivity (Wildman–Crippen MR) is 229 cm³/mol. The molecule has 6 heterocycles. The van der Waals surface area contributed by atoms with E-state index in [4.69, 9.17) is 0 Å². The molecule has 2 fully saturated rings. The fourth-order valence-electron chi connectivity index (χ4n) is 7.98. The largest absolute Gasteiger partial charge is 0.389 e. The summed E-state index contributed by atoms with van der Waals surface area (Å²) in [6.07, 6.45) is 16.3. The predicted octanol–water partition coefficient (Wildman–Crippen LogP) is 10.4. The molecule has 2 aliphatic heterocycles. The number of aliphatic hydroxyl groups excluding tert-OH is 1. The van der Waals surface area contributed by atoms with Crippen molar-refractivity contribution in [1.29, 1.82) is 0 Å². The molecular formula is C46H47BrF4N8O. The zero-order valence-electron chi connectivity index (χ0n) is 33.4. The van der Waals surface area contributed by atoms with Crippen LogP contribution in [0.15, 0.2) is 114 Å². The van der Waals surface area contributed by atoms with Gasteiger partial charge in [-0.15, -0.1) is 0 Å². The molecule has 1 unspecified atom stereocenters. The van der Waals surface area contributed by atoms with E-state index in [1.165, 1.54) is 24.3 Å². The third kappa shape index (κ3) is 9.46. The average Bonchev–Trinajstić information content (AvgIpc) is 3.87. The van der Waals surface area contributed by atoms with Gasteiger partial charge in [-0.05, 0) is 103 Å². The highest BCUT2D eigenvalue weighted by Gasteiger charge is 2.35. The molecule has 0 amide bonds. The van der Waals surface area contributed by atoms with Crippen molar-refractivity contribution in [3.63, 3.8) is 0 Å². The van der Waals surface area contributed by atoms with E-state index in [1.54, 1.807) is 65.0 Å². The van der Waals surface area contributed by atoms with Crippen LogP contribution in [0, 0.1) is 0 Å². The summed E-state index contributed by atoms with van der Waals surface area (Å²) in [5, 5.41) is 18.5. The van der Waals surface area contributed by atoms with Gasteiger partial charge in [0.05, 0.1) is 36.1 Å². The molecule has 312 valence electrons. The number of aromatic nitrogens is 6. The minimum atomic E-state index is -2.88. The highest BCUT2D eigenvalue weighted by atomic mass is 79.9. The molecular weight excluding hydrogens is 836 g/mol. The molecule has 2 saturated heterocycles. The van der Waals surface area contributed by atoms with Crippen molar-refractivity contribution in [3.8, 4) is 33.4 Å². The van der Waals surface area contributed by atoms with Crippen LogP contribution in [0.25, 0.3) is 44.7 Å². The molecule has 2 aliphatic rings. The number of rotatable bonds is 10. The minimum absolute atomic E-state index is 0.0372. The van der Waals surface area contributed by atoms with Gasteiger partial charge in [-0.2, -0.15) is 27.8 Å². The standard InChI is InChI=1S/C27H28F2N4O.C19H19BrF2N4/c1-19(34)21-6-5-7-22(14-21)25-16-31-33-17-23(15-30-26(25)33)20-8-10-24(11-9-20)27(28,29)18-32-12-3-2-4-13-32;20-17-11-24-26-12-15(10-23-18(17)26)14-4-6-16(7-5-14)19(21,22)13-25-8-2-1-3-9-25/h5-11,14-17,19,34H,2-4,12-13,18H2,1H3;4-7,10-12H,1-3,8-9,13H2. The zero-order valence-corrected chi connectivity index (χ0v) is 35.0. The summed E-state index contributed by atoms with van der Waals surface area (Å²) < 4.78 is 63.1. The van der Waals surface area contributed by atoms with Gasteiger partial charge in [-0.25, -0.2) is 19.0 Å². The van der Waals surface area contributed by atoms with Gasteiger partial charge in [0.2, 0.25) is 0 Å². The summed E-state index contributed by atoms with van der Waals surface area (Å²) >= 11 is 3.39. The molecule has 4 aromatic heterocycles. The summed E-state index contributed by atoms with van der Waals surface area (Å²) in [5.41, 5.74) is 7.39. The highest BCUT2D eigenvalue weighted by molar-refractivity contribution is 9.10. The molecule has 0 aliphatic carbocycles. The van der Waals surface area contributed by atoms with Gasteiger partial charge in [0.1, 0.15) is 0 Å². The lowest BCUT2D eigenvalue weighted by Gasteiger charge is -2.30. The van der Waals surface area contributed by atoms with E-state index in [9.17, 15) is 22.7 Å². The third-order valence-electron chi connectivity index (χ3n) is 11.4. The van der Waals surface area contributed by atoms with Crippen LogP contribution in [0.1, 0.15) is 68.2 Å². The van der Waals surface area contributed by atoms with Crippen LogP contribution in [-0.2, 0) is 11.8 Å². The molecule has 7 aromatic rings. The number of alkyl halides is 4. The van der Waals surface area contributed by atoms with Gasteiger partial charge in [0, 0.05) is 52.6 Å². The zero-order chi connectivity index (χ0) is 41.9. The highest BCUT2D eigenvalue weighted by Crippen LogP contribution is 2.34. The number of benzene rings is 3. The Morgan fingerprint density at radius 2 is 1.08 bits per heavy atom. The Hall–Kier alpha value is -5.02. The number of nitrogens with zero attached hydrogens (tertiary/aromatic N) is 8. The Balaban J connectivity index is 0.000000172. The Kier molecular flexibility index (Phi) is 12.4. The maximum atomic E-state index is 14.8. The summed E-state index contributed by atoms with van der Waals surface area (Å²) in [7, 11) is 0. The van der Waals surface area contributed by atoms with Crippen LogP contribution in [-0.4, -0.2) is 83.4 Å². The first-order valence-electron chi connectivity index (χ1n) is 20.5. The van der Waals surface area contributed by atoms with Crippen molar-refractivity contribution in [2.24, 2.45) is 0 Å². The number of aliphatic hydroxyl groups is 1. The maximum absolute atomic E-state index is 14.8. The van der Waals surface area contributed by atoms with E-state index in [0.29, 0.717) is 5.65 Å². The van der Waals surface area contributed by atoms with Gasteiger partial charge in [0.25, 0.3) is 11.8 Å². The average molecular weight is 884 g/mol. The number of hydrogen-bond donors (Lipinski definition) is 1. The lowest BCUT2D eigenvalue weighted by molar-refractivity contribution is -0.0419. The quantitative estimate of drug-likeness (QED) is 0.137. The van der Waals surface area contributed by atoms with Crippen molar-refractivity contribution < 1.29 is 22.7 Å². The molecule has 1 atom stereocenters. The Labute approximate surface area is 354 Å². The topological polar surface area (TPSA) is 87.1 Å². The molecule has 9 nitrogen and oxygen atoms in total. The van der Waals surface area contributed by atoms with E-state index >= 15 is 0 Å². The monoisotopic (exact) mass is 882 g/mol. The third-order valence-corrected chi connectivity index (χ3v) is 11.9. The fourth-order valence-corrected chi connectivity index (χ4v) is 8.36. The Bertz CT molecular complexity index is 2530. The molecule has 1 N–H and O–H groups in total. The van der Waals surface area contributed by atoms with E-state index < -0.39 is 17.9 Å². The summed E-state index contributed by atoms with van der Waals surface area (Å²) in [6, 6.07) is 20.6. The van der Waals surface area contributed by atoms with Crippen molar-refractivity contribution in [3.05, 3.63) is 131 Å². The summed E-state index contributed by atoms with van der Waals surface area (Å²) in [6.45, 7) is 4.31. The minimum Gasteiger partial charge on any atom is -0.389 e. The molecule has 14 heteroatoms. The van der Waals surface area contributed by atoms with Crippen molar-refractivity contribution in [2.45, 2.75) is 63.4 Å². The molecule has 0 spiro atoms. The smallest absolute Gasteiger partial charge is 0.285 e. The first-order valence-corrected chi connectivity index (χ1v) is 21.3. The molecule has 0 radical (unpaired) electrons. The molecule has 0 bridgehead atoms. The molecule has 0 saturated carbocycles. The summed E-state index contributed by atoms with van der Waals surface area (Å²) in [4.78, 5) is 12.7. The van der Waals surface area contributed by atoms with Crippen LogP contribution in [0.4, 0.5) is 17.6 Å². The second-order valence-electron chi connectivity index (χ2n) is 15.8. The van der Waals surface area contributed by atoms with Gasteiger partial charge in [-0.1, -0.05) is 79.6 Å². The van der Waals surface area contributed by atoms with Gasteiger partial charge in [-0.3, -0.25) is 9.80 Å². The fraction of sp³-hybridized carbons (Fsp3) is 0.348. The number of halogens is 5. The van der Waals surface area contributed by atoms with E-state index in [2.05, 4.69) is 36.1 Å². The van der Waals surface area contributed by atoms with Crippen molar-refractivity contribution in [2.75, 3.05) is 39.3 Å². The SMILES string of the molecule is CC(O)c1cccc(-c2cnn3cc(-c4ccc(C(F)(F)CN5CCCCC5)cc4)cnc23)c1.FC(F)(CN1CCCCC1)c1ccc(-c2cnc3c(Br)cnn3c2)cc1. The maximum Gasteiger partial charge on any atom is 0.285 e. The van der Waals surface area contributed by atoms with Crippen LogP contribution in [0.3, 0.4) is 0 Å². The number of fused-ring (bicyclic) bond motifs is 2. The van der Waals surface area contributed by atoms with E-state index in [-0.39, 0.29) is 24.2 Å². The second kappa shape index (κ2) is 17.9. The van der Waals surface area contributed by atoms with Crippen molar-refractivity contribution in [1.82, 2.24) is 39.0 Å². The molecule has 9 rings (SSSR count).